The number of ether oxygens (including phenoxy) is 1. The number of carbonyl (C=O) groups excluding carboxylic acids is 3. The van der Waals surface area contributed by atoms with Crippen LogP contribution in [0, 0.1) is 12.3 Å². The molecule has 0 aromatic heterocycles. The standard InChI is InChI=1S/C27H37N3O5/c1-6-17-30(25(33)22(18-31)29-26(34)35-27(3,4)5)23(20-15-13-19(7-2)14-16-20)24(32)28-21-11-9-8-10-12-21/h2,6,13-16,21-23,31H,1,8-12,17-18H2,3-5H3,(H,28,32)(H,29,34). The highest BCUT2D eigenvalue weighted by Gasteiger charge is 2.36. The van der Waals surface area contributed by atoms with Gasteiger partial charge in [-0.05, 0) is 51.3 Å². The molecule has 8 heteroatoms. The van der Waals surface area contributed by atoms with Crippen LogP contribution in [0.3, 0.4) is 0 Å². The molecule has 0 heterocycles. The molecule has 0 saturated heterocycles. The minimum absolute atomic E-state index is 0.0188. The van der Waals surface area contributed by atoms with Gasteiger partial charge in [0.2, 0.25) is 11.8 Å². The predicted molar refractivity (Wildman–Crippen MR) is 134 cm³/mol. The molecule has 1 aromatic rings. The summed E-state index contributed by atoms with van der Waals surface area (Å²) < 4.78 is 5.23. The van der Waals surface area contributed by atoms with Gasteiger partial charge in [0, 0.05) is 18.2 Å². The fourth-order valence-corrected chi connectivity index (χ4v) is 4.06. The topological polar surface area (TPSA) is 108 Å². The maximum atomic E-state index is 13.6. The molecule has 1 aliphatic rings. The highest BCUT2D eigenvalue weighted by molar-refractivity contribution is 5.92. The molecule has 190 valence electrons. The van der Waals surface area contributed by atoms with Crippen molar-refractivity contribution in [2.75, 3.05) is 13.2 Å². The molecule has 0 radical (unpaired) electrons. The summed E-state index contributed by atoms with van der Waals surface area (Å²) in [6, 6.07) is 4.53. The smallest absolute Gasteiger partial charge is 0.408 e. The Labute approximate surface area is 208 Å². The number of carbonyl (C=O) groups is 3. The number of nitrogens with zero attached hydrogens (tertiary/aromatic N) is 1. The van der Waals surface area contributed by atoms with Crippen LogP contribution in [-0.4, -0.2) is 58.8 Å². The Bertz CT molecular complexity index is 924. The van der Waals surface area contributed by atoms with Crippen LogP contribution in [0.4, 0.5) is 4.79 Å². The van der Waals surface area contributed by atoms with Gasteiger partial charge >= 0.3 is 6.09 Å². The molecule has 2 unspecified atom stereocenters. The maximum absolute atomic E-state index is 13.6. The maximum Gasteiger partial charge on any atom is 0.408 e. The number of aliphatic hydroxyl groups excluding tert-OH is 1. The quantitative estimate of drug-likeness (QED) is 0.370. The number of amides is 3. The number of alkyl carbamates (subject to hydrolysis) is 1. The number of aliphatic hydroxyl groups is 1. The summed E-state index contributed by atoms with van der Waals surface area (Å²) in [6.07, 6.45) is 11.1. The second-order valence-electron chi connectivity index (χ2n) is 9.67. The number of hydrogen-bond acceptors (Lipinski definition) is 5. The van der Waals surface area contributed by atoms with Gasteiger partial charge in [-0.15, -0.1) is 13.0 Å². The van der Waals surface area contributed by atoms with Gasteiger partial charge in [0.05, 0.1) is 6.61 Å². The molecule has 35 heavy (non-hydrogen) atoms. The lowest BCUT2D eigenvalue weighted by Crippen LogP contribution is -2.55. The van der Waals surface area contributed by atoms with Crippen molar-refractivity contribution in [3.63, 3.8) is 0 Å². The normalized spacial score (nSPS) is 15.7. The van der Waals surface area contributed by atoms with Crippen molar-refractivity contribution in [2.45, 2.75) is 76.6 Å². The van der Waals surface area contributed by atoms with Crippen molar-refractivity contribution in [3.8, 4) is 12.3 Å². The van der Waals surface area contributed by atoms with Gasteiger partial charge in [0.15, 0.2) is 0 Å². The van der Waals surface area contributed by atoms with Crippen LogP contribution >= 0.6 is 0 Å². The van der Waals surface area contributed by atoms with E-state index in [0.717, 1.165) is 32.1 Å². The molecule has 0 spiro atoms. The molecule has 0 bridgehead atoms. The highest BCUT2D eigenvalue weighted by Crippen LogP contribution is 2.25. The van der Waals surface area contributed by atoms with Gasteiger partial charge in [0.25, 0.3) is 0 Å². The van der Waals surface area contributed by atoms with Crippen LogP contribution in [0.2, 0.25) is 0 Å². The number of benzene rings is 1. The Morgan fingerprint density at radius 1 is 1.23 bits per heavy atom. The third-order valence-corrected chi connectivity index (χ3v) is 5.69. The lowest BCUT2D eigenvalue weighted by molar-refractivity contribution is -0.143. The molecule has 1 aliphatic carbocycles. The molecular weight excluding hydrogens is 446 g/mol. The summed E-state index contributed by atoms with van der Waals surface area (Å²) >= 11 is 0. The first kappa shape index (κ1) is 27.9. The zero-order chi connectivity index (χ0) is 26.0. The van der Waals surface area contributed by atoms with Crippen LogP contribution in [0.5, 0.6) is 0 Å². The second kappa shape index (κ2) is 13.0. The van der Waals surface area contributed by atoms with Crippen LogP contribution in [0.15, 0.2) is 36.9 Å². The third-order valence-electron chi connectivity index (χ3n) is 5.69. The van der Waals surface area contributed by atoms with E-state index in [4.69, 9.17) is 11.2 Å². The summed E-state index contributed by atoms with van der Waals surface area (Å²) in [5, 5.41) is 15.4. The van der Waals surface area contributed by atoms with E-state index in [0.29, 0.717) is 11.1 Å². The molecule has 2 rings (SSSR count). The Balaban J connectivity index is 2.37. The molecule has 1 aromatic carbocycles. The minimum Gasteiger partial charge on any atom is -0.444 e. The lowest BCUT2D eigenvalue weighted by atomic mass is 9.94. The average Bonchev–Trinajstić information content (AvgIpc) is 2.81. The van der Waals surface area contributed by atoms with E-state index in [-0.39, 0.29) is 18.5 Å². The van der Waals surface area contributed by atoms with E-state index in [9.17, 15) is 19.5 Å². The lowest BCUT2D eigenvalue weighted by Gasteiger charge is -2.34. The van der Waals surface area contributed by atoms with Gasteiger partial charge < -0.3 is 25.4 Å². The summed E-state index contributed by atoms with van der Waals surface area (Å²) in [5.74, 6) is 1.57. The average molecular weight is 484 g/mol. The van der Waals surface area contributed by atoms with E-state index in [1.165, 1.54) is 11.0 Å². The number of nitrogens with one attached hydrogen (secondary N) is 2. The van der Waals surface area contributed by atoms with E-state index < -0.39 is 36.3 Å². The van der Waals surface area contributed by atoms with Crippen molar-refractivity contribution in [3.05, 3.63) is 48.0 Å². The fourth-order valence-electron chi connectivity index (χ4n) is 4.06. The van der Waals surface area contributed by atoms with Gasteiger partial charge in [-0.2, -0.15) is 0 Å². The molecule has 2 atom stereocenters. The zero-order valence-electron chi connectivity index (χ0n) is 20.9. The molecule has 0 aliphatic heterocycles. The second-order valence-corrected chi connectivity index (χ2v) is 9.67. The Morgan fingerprint density at radius 3 is 2.37 bits per heavy atom. The van der Waals surface area contributed by atoms with Crippen molar-refractivity contribution < 1.29 is 24.2 Å². The van der Waals surface area contributed by atoms with Crippen molar-refractivity contribution in [1.29, 1.82) is 0 Å². The van der Waals surface area contributed by atoms with E-state index >= 15 is 0 Å². The monoisotopic (exact) mass is 483 g/mol. The first-order valence-electron chi connectivity index (χ1n) is 12.0. The van der Waals surface area contributed by atoms with Crippen LogP contribution < -0.4 is 10.6 Å². The van der Waals surface area contributed by atoms with Crippen molar-refractivity contribution >= 4 is 17.9 Å². The van der Waals surface area contributed by atoms with Crippen molar-refractivity contribution in [1.82, 2.24) is 15.5 Å². The molecule has 3 amide bonds. The molecular formula is C27H37N3O5. The van der Waals surface area contributed by atoms with E-state index in [1.807, 2.05) is 0 Å². The number of terminal acetylenes is 1. The zero-order valence-corrected chi connectivity index (χ0v) is 20.9. The number of rotatable bonds is 9. The largest absolute Gasteiger partial charge is 0.444 e. The summed E-state index contributed by atoms with van der Waals surface area (Å²) in [4.78, 5) is 40.7. The Hall–Kier alpha value is -3.31. The third kappa shape index (κ3) is 8.45. The van der Waals surface area contributed by atoms with Crippen LogP contribution in [-0.2, 0) is 14.3 Å². The highest BCUT2D eigenvalue weighted by atomic mass is 16.6. The first-order chi connectivity index (χ1) is 16.6. The molecule has 1 fully saturated rings. The predicted octanol–water partition coefficient (Wildman–Crippen LogP) is 3.06. The first-order valence-corrected chi connectivity index (χ1v) is 12.0. The van der Waals surface area contributed by atoms with Gasteiger partial charge in [-0.3, -0.25) is 9.59 Å². The van der Waals surface area contributed by atoms with E-state index in [1.54, 1.807) is 45.0 Å². The number of hydrogen-bond donors (Lipinski definition) is 3. The Morgan fingerprint density at radius 2 is 1.86 bits per heavy atom. The van der Waals surface area contributed by atoms with Crippen LogP contribution in [0.25, 0.3) is 0 Å². The molecule has 3 N–H and O–H groups in total. The van der Waals surface area contributed by atoms with Gasteiger partial charge in [0.1, 0.15) is 17.7 Å². The SMILES string of the molecule is C#Cc1ccc(C(C(=O)NC2CCCCC2)N(CC=C)C(=O)C(CO)NC(=O)OC(C)(C)C)cc1. The molecule has 8 nitrogen and oxygen atoms in total. The molecule has 1 saturated carbocycles. The minimum atomic E-state index is -1.31. The Kier molecular flexibility index (Phi) is 10.3. The van der Waals surface area contributed by atoms with Gasteiger partial charge in [-0.1, -0.05) is 43.4 Å². The summed E-state index contributed by atoms with van der Waals surface area (Å²) in [6.45, 7) is 8.16. The van der Waals surface area contributed by atoms with E-state index in [2.05, 4.69) is 23.1 Å². The summed E-state index contributed by atoms with van der Waals surface area (Å²) in [7, 11) is 0. The van der Waals surface area contributed by atoms with Crippen LogP contribution in [0.1, 0.15) is 70.0 Å². The van der Waals surface area contributed by atoms with Crippen molar-refractivity contribution in [2.24, 2.45) is 0 Å². The summed E-state index contributed by atoms with van der Waals surface area (Å²) in [5.41, 5.74) is 0.415. The fraction of sp³-hybridized carbons (Fsp3) is 0.519. The van der Waals surface area contributed by atoms with Gasteiger partial charge in [-0.25, -0.2) is 4.79 Å².